The van der Waals surface area contributed by atoms with Crippen LogP contribution in [0.3, 0.4) is 0 Å². The quantitative estimate of drug-likeness (QED) is 0.882. The van der Waals surface area contributed by atoms with Crippen LogP contribution in [-0.4, -0.2) is 16.5 Å². The summed E-state index contributed by atoms with van der Waals surface area (Å²) in [5.41, 5.74) is 1.29. The van der Waals surface area contributed by atoms with E-state index in [0.717, 1.165) is 18.7 Å². The zero-order valence-corrected chi connectivity index (χ0v) is 11.0. The molecule has 0 saturated heterocycles. The SMILES string of the molecule is CC(C)(CNCc1cncnc1)c1cccs1. The van der Waals surface area contributed by atoms with Crippen LogP contribution in [0.2, 0.25) is 0 Å². The first-order valence-electron chi connectivity index (χ1n) is 5.67. The van der Waals surface area contributed by atoms with Gasteiger partial charge in [-0.2, -0.15) is 0 Å². The van der Waals surface area contributed by atoms with Crippen molar-refractivity contribution in [1.82, 2.24) is 15.3 Å². The Bertz CT molecular complexity index is 437. The van der Waals surface area contributed by atoms with Crippen LogP contribution in [0.25, 0.3) is 0 Å². The molecule has 3 nitrogen and oxygen atoms in total. The monoisotopic (exact) mass is 247 g/mol. The minimum absolute atomic E-state index is 0.170. The van der Waals surface area contributed by atoms with Gasteiger partial charge in [-0.25, -0.2) is 9.97 Å². The second-order valence-electron chi connectivity index (χ2n) is 4.71. The summed E-state index contributed by atoms with van der Waals surface area (Å²) in [5.74, 6) is 0. The van der Waals surface area contributed by atoms with Crippen molar-refractivity contribution in [2.45, 2.75) is 25.8 Å². The summed E-state index contributed by atoms with van der Waals surface area (Å²) in [6, 6.07) is 4.30. The molecule has 0 saturated carbocycles. The van der Waals surface area contributed by atoms with Crippen molar-refractivity contribution in [2.75, 3.05) is 6.54 Å². The predicted octanol–water partition coefficient (Wildman–Crippen LogP) is 2.61. The van der Waals surface area contributed by atoms with Crippen LogP contribution in [0, 0.1) is 0 Å². The van der Waals surface area contributed by atoms with E-state index >= 15 is 0 Å². The van der Waals surface area contributed by atoms with E-state index in [4.69, 9.17) is 0 Å². The van der Waals surface area contributed by atoms with Crippen LogP contribution >= 0.6 is 11.3 Å². The first-order chi connectivity index (χ1) is 8.18. The van der Waals surface area contributed by atoms with Crippen molar-refractivity contribution in [3.05, 3.63) is 46.7 Å². The summed E-state index contributed by atoms with van der Waals surface area (Å²) >= 11 is 1.81. The largest absolute Gasteiger partial charge is 0.312 e. The molecule has 0 amide bonds. The molecule has 0 bridgehead atoms. The highest BCUT2D eigenvalue weighted by molar-refractivity contribution is 7.10. The third-order valence-electron chi connectivity index (χ3n) is 2.70. The van der Waals surface area contributed by atoms with Crippen LogP contribution in [0.1, 0.15) is 24.3 Å². The summed E-state index contributed by atoms with van der Waals surface area (Å²) in [4.78, 5) is 9.41. The topological polar surface area (TPSA) is 37.8 Å². The summed E-state index contributed by atoms with van der Waals surface area (Å²) in [5, 5.41) is 5.58. The molecule has 0 aromatic carbocycles. The number of rotatable bonds is 5. The fourth-order valence-corrected chi connectivity index (χ4v) is 2.54. The van der Waals surface area contributed by atoms with E-state index in [1.54, 1.807) is 6.33 Å². The molecule has 1 N–H and O–H groups in total. The van der Waals surface area contributed by atoms with E-state index < -0.39 is 0 Å². The smallest absolute Gasteiger partial charge is 0.115 e. The van der Waals surface area contributed by atoms with Gasteiger partial charge in [0.15, 0.2) is 0 Å². The van der Waals surface area contributed by atoms with Crippen molar-refractivity contribution >= 4 is 11.3 Å². The van der Waals surface area contributed by atoms with Gasteiger partial charge in [0, 0.05) is 41.3 Å². The summed E-state index contributed by atoms with van der Waals surface area (Å²) < 4.78 is 0. The van der Waals surface area contributed by atoms with Gasteiger partial charge in [-0.05, 0) is 11.4 Å². The maximum absolute atomic E-state index is 4.00. The van der Waals surface area contributed by atoms with Crippen LogP contribution in [0.4, 0.5) is 0 Å². The minimum Gasteiger partial charge on any atom is -0.312 e. The van der Waals surface area contributed by atoms with Gasteiger partial charge in [-0.3, -0.25) is 0 Å². The van der Waals surface area contributed by atoms with Gasteiger partial charge in [0.25, 0.3) is 0 Å². The Balaban J connectivity index is 1.86. The van der Waals surface area contributed by atoms with E-state index in [-0.39, 0.29) is 5.41 Å². The van der Waals surface area contributed by atoms with Gasteiger partial charge in [-0.1, -0.05) is 19.9 Å². The maximum atomic E-state index is 4.00. The third kappa shape index (κ3) is 3.35. The van der Waals surface area contributed by atoms with E-state index in [9.17, 15) is 0 Å². The summed E-state index contributed by atoms with van der Waals surface area (Å²) in [7, 11) is 0. The molecular weight excluding hydrogens is 230 g/mol. The summed E-state index contributed by atoms with van der Waals surface area (Å²) in [6.45, 7) is 6.28. The van der Waals surface area contributed by atoms with Crippen molar-refractivity contribution in [3.63, 3.8) is 0 Å². The maximum Gasteiger partial charge on any atom is 0.115 e. The molecule has 0 aliphatic rings. The average molecular weight is 247 g/mol. The molecule has 2 aromatic heterocycles. The van der Waals surface area contributed by atoms with Crippen molar-refractivity contribution in [1.29, 1.82) is 0 Å². The van der Waals surface area contributed by atoms with Gasteiger partial charge in [0.1, 0.15) is 6.33 Å². The standard InChI is InChI=1S/C13H17N3S/c1-13(2,12-4-3-5-17-12)9-14-6-11-7-15-10-16-8-11/h3-5,7-8,10,14H,6,9H2,1-2H3. The van der Waals surface area contributed by atoms with Crippen LogP contribution in [-0.2, 0) is 12.0 Å². The molecule has 0 aliphatic carbocycles. The van der Waals surface area contributed by atoms with Crippen LogP contribution < -0.4 is 5.32 Å². The van der Waals surface area contributed by atoms with Gasteiger partial charge in [0.2, 0.25) is 0 Å². The second kappa shape index (κ2) is 5.38. The van der Waals surface area contributed by atoms with E-state index in [1.165, 1.54) is 4.88 Å². The lowest BCUT2D eigenvalue weighted by atomic mass is 9.91. The van der Waals surface area contributed by atoms with Gasteiger partial charge >= 0.3 is 0 Å². The minimum atomic E-state index is 0.170. The number of hydrogen-bond acceptors (Lipinski definition) is 4. The molecule has 90 valence electrons. The first-order valence-corrected chi connectivity index (χ1v) is 6.55. The normalized spacial score (nSPS) is 11.6. The molecule has 0 atom stereocenters. The molecule has 0 aliphatic heterocycles. The number of nitrogens with one attached hydrogen (secondary N) is 1. The van der Waals surface area contributed by atoms with Crippen molar-refractivity contribution in [3.8, 4) is 0 Å². The van der Waals surface area contributed by atoms with E-state index in [2.05, 4.69) is 46.6 Å². The number of thiophene rings is 1. The lowest BCUT2D eigenvalue weighted by molar-refractivity contribution is 0.476. The number of nitrogens with zero attached hydrogens (tertiary/aromatic N) is 2. The molecule has 2 aromatic rings. The highest BCUT2D eigenvalue weighted by Crippen LogP contribution is 2.26. The van der Waals surface area contributed by atoms with Crippen LogP contribution in [0.5, 0.6) is 0 Å². The Morgan fingerprint density at radius 3 is 2.71 bits per heavy atom. The third-order valence-corrected chi connectivity index (χ3v) is 3.93. The summed E-state index contributed by atoms with van der Waals surface area (Å²) in [6.07, 6.45) is 5.25. The molecule has 2 heterocycles. The zero-order valence-electron chi connectivity index (χ0n) is 10.2. The van der Waals surface area contributed by atoms with E-state index in [1.807, 2.05) is 23.7 Å². The Kier molecular flexibility index (Phi) is 3.86. The van der Waals surface area contributed by atoms with Crippen LogP contribution in [0.15, 0.2) is 36.2 Å². The second-order valence-corrected chi connectivity index (χ2v) is 5.66. The average Bonchev–Trinajstić information content (AvgIpc) is 2.84. The highest BCUT2D eigenvalue weighted by Gasteiger charge is 2.20. The fraction of sp³-hybridized carbons (Fsp3) is 0.385. The fourth-order valence-electron chi connectivity index (χ4n) is 1.69. The predicted molar refractivity (Wildman–Crippen MR) is 71.1 cm³/mol. The molecule has 0 unspecified atom stereocenters. The Morgan fingerprint density at radius 2 is 2.06 bits per heavy atom. The zero-order chi connectivity index (χ0) is 12.1. The molecule has 2 rings (SSSR count). The first kappa shape index (κ1) is 12.2. The molecular formula is C13H17N3S. The number of hydrogen-bond donors (Lipinski definition) is 1. The van der Waals surface area contributed by atoms with E-state index in [0.29, 0.717) is 0 Å². The molecule has 0 fully saturated rings. The van der Waals surface area contributed by atoms with Gasteiger partial charge in [0.05, 0.1) is 0 Å². The Morgan fingerprint density at radius 1 is 1.29 bits per heavy atom. The van der Waals surface area contributed by atoms with Crippen molar-refractivity contribution < 1.29 is 0 Å². The van der Waals surface area contributed by atoms with Gasteiger partial charge < -0.3 is 5.32 Å². The lowest BCUT2D eigenvalue weighted by Gasteiger charge is -2.23. The Labute approximate surface area is 106 Å². The molecule has 4 heteroatoms. The molecule has 0 radical (unpaired) electrons. The Hall–Kier alpha value is -1.26. The van der Waals surface area contributed by atoms with Gasteiger partial charge in [-0.15, -0.1) is 11.3 Å². The lowest BCUT2D eigenvalue weighted by Crippen LogP contribution is -2.31. The number of aromatic nitrogens is 2. The highest BCUT2D eigenvalue weighted by atomic mass is 32.1. The molecule has 17 heavy (non-hydrogen) atoms. The van der Waals surface area contributed by atoms with Crippen molar-refractivity contribution in [2.24, 2.45) is 0 Å². The molecule has 0 spiro atoms.